The summed E-state index contributed by atoms with van der Waals surface area (Å²) < 4.78 is 7.06. The minimum absolute atomic E-state index is 0.148. The first kappa shape index (κ1) is 21.3. The Morgan fingerprint density at radius 3 is 2.38 bits per heavy atom. The van der Waals surface area contributed by atoms with Crippen molar-refractivity contribution in [2.24, 2.45) is 0 Å². The number of rotatable bonds is 6. The zero-order chi connectivity index (χ0) is 22.5. The van der Waals surface area contributed by atoms with Crippen molar-refractivity contribution in [1.82, 2.24) is 14.8 Å². The first-order valence-electron chi connectivity index (χ1n) is 9.86. The van der Waals surface area contributed by atoms with Gasteiger partial charge in [0, 0.05) is 18.0 Å². The first-order chi connectivity index (χ1) is 15.5. The van der Waals surface area contributed by atoms with Gasteiger partial charge in [-0.25, -0.2) is 14.5 Å². The highest BCUT2D eigenvalue weighted by Gasteiger charge is 2.25. The van der Waals surface area contributed by atoms with E-state index in [2.05, 4.69) is 15.4 Å². The van der Waals surface area contributed by atoms with E-state index in [9.17, 15) is 9.59 Å². The summed E-state index contributed by atoms with van der Waals surface area (Å²) in [5.74, 6) is -1.18. The molecule has 0 radical (unpaired) electrons. The number of hydrogen-bond acceptors (Lipinski definition) is 5. The molecule has 0 spiro atoms. The molecule has 1 unspecified atom stereocenters. The van der Waals surface area contributed by atoms with Crippen molar-refractivity contribution in [3.8, 4) is 16.9 Å². The molecule has 0 aliphatic rings. The minimum atomic E-state index is -1.07. The van der Waals surface area contributed by atoms with Crippen LogP contribution in [-0.4, -0.2) is 32.7 Å². The topological polar surface area (TPSA) is 86.1 Å². The van der Waals surface area contributed by atoms with Crippen LogP contribution in [0.5, 0.6) is 0 Å². The van der Waals surface area contributed by atoms with Crippen LogP contribution in [0, 0.1) is 0 Å². The van der Waals surface area contributed by atoms with Gasteiger partial charge in [0.15, 0.2) is 11.3 Å². The third-order valence-electron chi connectivity index (χ3n) is 4.67. The lowest BCUT2D eigenvalue weighted by Crippen LogP contribution is -2.30. The quantitative estimate of drug-likeness (QED) is 0.340. The number of benzene rings is 2. The summed E-state index contributed by atoms with van der Waals surface area (Å²) in [6, 6.07) is 22.0. The summed E-state index contributed by atoms with van der Waals surface area (Å²) in [6.45, 7) is 1.49. The second-order valence-corrected chi connectivity index (χ2v) is 7.27. The van der Waals surface area contributed by atoms with Gasteiger partial charge in [-0.15, -0.1) is 0 Å². The van der Waals surface area contributed by atoms with Crippen molar-refractivity contribution in [1.29, 1.82) is 0 Å². The normalized spacial score (nSPS) is 11.6. The number of hydrogen-bond donors (Lipinski definition) is 1. The van der Waals surface area contributed by atoms with E-state index in [1.165, 1.54) is 13.1 Å². The number of nitrogens with zero attached hydrogens (tertiary/aromatic N) is 3. The summed E-state index contributed by atoms with van der Waals surface area (Å²) in [5.41, 5.74) is 2.60. The van der Waals surface area contributed by atoms with Crippen molar-refractivity contribution in [2.75, 3.05) is 5.32 Å². The molecule has 4 rings (SSSR count). The van der Waals surface area contributed by atoms with Gasteiger partial charge in [0.1, 0.15) is 11.3 Å². The second-order valence-electron chi connectivity index (χ2n) is 6.92. The van der Waals surface area contributed by atoms with Crippen LogP contribution in [-0.2, 0) is 9.53 Å². The number of carbonyl (C=O) groups excluding carboxylic acids is 2. The lowest BCUT2D eigenvalue weighted by atomic mass is 10.1. The molecule has 160 valence electrons. The number of aromatic nitrogens is 3. The molecule has 0 saturated heterocycles. The van der Waals surface area contributed by atoms with E-state index in [-0.39, 0.29) is 10.7 Å². The number of carbonyl (C=O) groups is 2. The molecule has 1 N–H and O–H groups in total. The fraction of sp³-hybridized carbons (Fsp3) is 0.0833. The third kappa shape index (κ3) is 4.68. The van der Waals surface area contributed by atoms with E-state index in [0.717, 1.165) is 11.3 Å². The molecule has 4 aromatic rings. The number of amides is 1. The maximum absolute atomic E-state index is 13.0. The van der Waals surface area contributed by atoms with Crippen molar-refractivity contribution >= 4 is 29.2 Å². The molecule has 1 amide bonds. The van der Waals surface area contributed by atoms with Gasteiger partial charge in [-0.3, -0.25) is 4.79 Å². The van der Waals surface area contributed by atoms with Crippen LogP contribution in [0.15, 0.2) is 85.2 Å². The van der Waals surface area contributed by atoms with Gasteiger partial charge in [0.05, 0.1) is 11.4 Å². The Kier molecular flexibility index (Phi) is 6.28. The summed E-state index contributed by atoms with van der Waals surface area (Å²) in [6.07, 6.45) is 2.04. The van der Waals surface area contributed by atoms with Crippen molar-refractivity contribution in [3.05, 3.63) is 95.9 Å². The van der Waals surface area contributed by atoms with E-state index >= 15 is 0 Å². The highest BCUT2D eigenvalue weighted by molar-refractivity contribution is 6.32. The second kappa shape index (κ2) is 9.45. The molecule has 0 aliphatic heterocycles. The Labute approximate surface area is 189 Å². The number of pyridine rings is 1. The Bertz CT molecular complexity index is 1240. The molecular formula is C24H19ClN4O3. The van der Waals surface area contributed by atoms with Crippen molar-refractivity contribution in [2.45, 2.75) is 13.0 Å². The predicted octanol–water partition coefficient (Wildman–Crippen LogP) is 4.77. The van der Waals surface area contributed by atoms with Crippen LogP contribution in [0.2, 0.25) is 5.15 Å². The standard InChI is InChI=1S/C24H19ClN4O3/c1-16(23(30)27-20-13-8-14-26-22(20)25)32-24(31)19-15-29(18-11-6-3-7-12-18)28-21(19)17-9-4-2-5-10-17/h2-16H,1H3,(H,27,30). The van der Waals surface area contributed by atoms with Crippen LogP contribution in [0.1, 0.15) is 17.3 Å². The van der Waals surface area contributed by atoms with Crippen LogP contribution < -0.4 is 5.32 Å². The summed E-state index contributed by atoms with van der Waals surface area (Å²) in [5, 5.41) is 7.35. The number of ether oxygens (including phenoxy) is 1. The highest BCUT2D eigenvalue weighted by Crippen LogP contribution is 2.25. The fourth-order valence-corrected chi connectivity index (χ4v) is 3.20. The average Bonchev–Trinajstić information content (AvgIpc) is 3.27. The van der Waals surface area contributed by atoms with Gasteiger partial charge in [0.2, 0.25) is 0 Å². The molecule has 2 aromatic carbocycles. The van der Waals surface area contributed by atoms with Crippen LogP contribution in [0.3, 0.4) is 0 Å². The minimum Gasteiger partial charge on any atom is -0.449 e. The number of esters is 1. The molecule has 0 aliphatic carbocycles. The monoisotopic (exact) mass is 446 g/mol. The van der Waals surface area contributed by atoms with Crippen LogP contribution >= 0.6 is 11.6 Å². The molecule has 0 saturated carbocycles. The Balaban J connectivity index is 1.59. The first-order valence-corrected chi connectivity index (χ1v) is 10.2. The van der Waals surface area contributed by atoms with Gasteiger partial charge in [0.25, 0.3) is 5.91 Å². The molecule has 0 fully saturated rings. The molecule has 7 nitrogen and oxygen atoms in total. The van der Waals surface area contributed by atoms with Gasteiger partial charge < -0.3 is 10.1 Å². The van der Waals surface area contributed by atoms with Gasteiger partial charge in [-0.2, -0.15) is 5.10 Å². The molecule has 32 heavy (non-hydrogen) atoms. The predicted molar refractivity (Wildman–Crippen MR) is 122 cm³/mol. The zero-order valence-electron chi connectivity index (χ0n) is 17.1. The maximum atomic E-state index is 13.0. The van der Waals surface area contributed by atoms with E-state index in [1.807, 2.05) is 60.7 Å². The van der Waals surface area contributed by atoms with Crippen molar-refractivity contribution < 1.29 is 14.3 Å². The number of para-hydroxylation sites is 1. The zero-order valence-corrected chi connectivity index (χ0v) is 17.9. The number of halogens is 1. The lowest BCUT2D eigenvalue weighted by Gasteiger charge is -2.14. The van der Waals surface area contributed by atoms with E-state index in [1.54, 1.807) is 23.0 Å². The molecular weight excluding hydrogens is 428 g/mol. The molecule has 1 atom stereocenters. The Hall–Kier alpha value is -3.97. The van der Waals surface area contributed by atoms with Gasteiger partial charge >= 0.3 is 5.97 Å². The SMILES string of the molecule is CC(OC(=O)c1cn(-c2ccccc2)nc1-c1ccccc1)C(=O)Nc1cccnc1Cl. The Morgan fingerprint density at radius 1 is 1.00 bits per heavy atom. The van der Waals surface area contributed by atoms with Crippen LogP contribution in [0.25, 0.3) is 16.9 Å². The number of nitrogens with one attached hydrogen (secondary N) is 1. The van der Waals surface area contributed by atoms with Crippen molar-refractivity contribution in [3.63, 3.8) is 0 Å². The summed E-state index contributed by atoms with van der Waals surface area (Å²) in [7, 11) is 0. The molecule has 2 aromatic heterocycles. The van der Waals surface area contributed by atoms with E-state index in [4.69, 9.17) is 16.3 Å². The largest absolute Gasteiger partial charge is 0.449 e. The average molecular weight is 447 g/mol. The Morgan fingerprint density at radius 2 is 1.69 bits per heavy atom. The number of anilines is 1. The summed E-state index contributed by atoms with van der Waals surface area (Å²) in [4.78, 5) is 29.4. The smallest absolute Gasteiger partial charge is 0.342 e. The molecule has 2 heterocycles. The molecule has 8 heteroatoms. The van der Waals surface area contributed by atoms with Gasteiger partial charge in [-0.1, -0.05) is 60.1 Å². The highest BCUT2D eigenvalue weighted by atomic mass is 35.5. The molecule has 0 bridgehead atoms. The summed E-state index contributed by atoms with van der Waals surface area (Å²) >= 11 is 5.98. The lowest BCUT2D eigenvalue weighted by molar-refractivity contribution is -0.123. The van der Waals surface area contributed by atoms with Crippen LogP contribution in [0.4, 0.5) is 5.69 Å². The van der Waals surface area contributed by atoms with E-state index in [0.29, 0.717) is 11.4 Å². The maximum Gasteiger partial charge on any atom is 0.342 e. The fourth-order valence-electron chi connectivity index (χ4n) is 3.04. The van der Waals surface area contributed by atoms with Gasteiger partial charge in [-0.05, 0) is 31.2 Å². The van der Waals surface area contributed by atoms with E-state index < -0.39 is 18.0 Å². The third-order valence-corrected chi connectivity index (χ3v) is 4.97.